The van der Waals surface area contributed by atoms with Crippen LogP contribution in [0.1, 0.15) is 31.2 Å². The Morgan fingerprint density at radius 1 is 1.20 bits per heavy atom. The van der Waals surface area contributed by atoms with E-state index in [1.165, 1.54) is 4.90 Å². The highest BCUT2D eigenvalue weighted by molar-refractivity contribution is 5.77. The summed E-state index contributed by atoms with van der Waals surface area (Å²) in [6.07, 6.45) is -2.62. The highest BCUT2D eigenvalue weighted by Gasteiger charge is 2.36. The molecule has 0 radical (unpaired) electrons. The quantitative estimate of drug-likeness (QED) is 0.831. The molecule has 0 bridgehead atoms. The number of benzene rings is 1. The standard InChI is InChI=1S/C15H18F3NO/c16-15(17,18)11-14(20)19-9-5-4-8-13(19)10-12-6-2-1-3-7-12/h1-3,6-7,13H,4-5,8-11H2/t13-/m0/s1. The maximum Gasteiger partial charge on any atom is 0.397 e. The zero-order valence-corrected chi connectivity index (χ0v) is 11.2. The highest BCUT2D eigenvalue weighted by Crippen LogP contribution is 2.26. The van der Waals surface area contributed by atoms with Crippen LogP contribution in [-0.4, -0.2) is 29.6 Å². The summed E-state index contributed by atoms with van der Waals surface area (Å²) in [5.74, 6) is -0.793. The number of carbonyl (C=O) groups excluding carboxylic acids is 1. The first kappa shape index (κ1) is 14.9. The molecule has 1 aromatic rings. The van der Waals surface area contributed by atoms with Crippen molar-refractivity contribution in [3.8, 4) is 0 Å². The maximum atomic E-state index is 12.4. The van der Waals surface area contributed by atoms with Crippen LogP contribution in [0.5, 0.6) is 0 Å². The van der Waals surface area contributed by atoms with Crippen molar-refractivity contribution in [2.24, 2.45) is 0 Å². The van der Waals surface area contributed by atoms with Crippen LogP contribution >= 0.6 is 0 Å². The lowest BCUT2D eigenvalue weighted by Gasteiger charge is -2.36. The van der Waals surface area contributed by atoms with Gasteiger partial charge in [-0.2, -0.15) is 13.2 Å². The second kappa shape index (κ2) is 6.29. The van der Waals surface area contributed by atoms with Gasteiger partial charge < -0.3 is 4.90 Å². The zero-order chi connectivity index (χ0) is 14.6. The van der Waals surface area contributed by atoms with E-state index in [0.717, 1.165) is 24.8 Å². The lowest BCUT2D eigenvalue weighted by Crippen LogP contribution is -2.46. The second-order valence-corrected chi connectivity index (χ2v) is 5.22. The number of likely N-dealkylation sites (tertiary alicyclic amines) is 1. The molecule has 1 fully saturated rings. The third kappa shape index (κ3) is 4.25. The molecule has 0 N–H and O–H groups in total. The predicted molar refractivity (Wildman–Crippen MR) is 70.2 cm³/mol. The van der Waals surface area contributed by atoms with Crippen molar-refractivity contribution in [3.63, 3.8) is 0 Å². The van der Waals surface area contributed by atoms with Gasteiger partial charge in [-0.3, -0.25) is 4.79 Å². The molecule has 0 aliphatic carbocycles. The number of nitrogens with zero attached hydrogens (tertiary/aromatic N) is 1. The minimum Gasteiger partial charge on any atom is -0.339 e. The number of hydrogen-bond donors (Lipinski definition) is 0. The van der Waals surface area contributed by atoms with Crippen LogP contribution in [0.15, 0.2) is 30.3 Å². The van der Waals surface area contributed by atoms with Crippen molar-refractivity contribution >= 4 is 5.91 Å². The largest absolute Gasteiger partial charge is 0.397 e. The molecule has 20 heavy (non-hydrogen) atoms. The molecule has 1 heterocycles. The minimum absolute atomic E-state index is 0.110. The Labute approximate surface area is 116 Å². The third-order valence-electron chi connectivity index (χ3n) is 3.61. The molecule has 1 aliphatic rings. The second-order valence-electron chi connectivity index (χ2n) is 5.22. The van der Waals surface area contributed by atoms with Crippen molar-refractivity contribution in [1.29, 1.82) is 0 Å². The van der Waals surface area contributed by atoms with Crippen LogP contribution in [0.3, 0.4) is 0 Å². The van der Waals surface area contributed by atoms with E-state index in [1.54, 1.807) is 0 Å². The highest BCUT2D eigenvalue weighted by atomic mass is 19.4. The number of amides is 1. The van der Waals surface area contributed by atoms with Gasteiger partial charge >= 0.3 is 6.18 Å². The Morgan fingerprint density at radius 2 is 1.90 bits per heavy atom. The first-order chi connectivity index (χ1) is 9.46. The molecule has 1 atom stereocenters. The first-order valence-electron chi connectivity index (χ1n) is 6.86. The summed E-state index contributed by atoms with van der Waals surface area (Å²) in [5.41, 5.74) is 1.06. The van der Waals surface area contributed by atoms with Gasteiger partial charge in [-0.15, -0.1) is 0 Å². The van der Waals surface area contributed by atoms with E-state index in [2.05, 4.69) is 0 Å². The zero-order valence-electron chi connectivity index (χ0n) is 11.2. The van der Waals surface area contributed by atoms with Gasteiger partial charge in [0.1, 0.15) is 6.42 Å². The van der Waals surface area contributed by atoms with Crippen molar-refractivity contribution in [3.05, 3.63) is 35.9 Å². The van der Waals surface area contributed by atoms with Gasteiger partial charge in [-0.25, -0.2) is 0 Å². The van der Waals surface area contributed by atoms with E-state index in [-0.39, 0.29) is 6.04 Å². The topological polar surface area (TPSA) is 20.3 Å². The molecular formula is C15H18F3NO. The van der Waals surface area contributed by atoms with Crippen LogP contribution in [0.2, 0.25) is 0 Å². The van der Waals surface area contributed by atoms with E-state index in [4.69, 9.17) is 0 Å². The summed E-state index contributed by atoms with van der Waals surface area (Å²) in [6.45, 7) is 0.437. The van der Waals surface area contributed by atoms with Crippen LogP contribution in [0.25, 0.3) is 0 Å². The fourth-order valence-electron chi connectivity index (χ4n) is 2.70. The van der Waals surface area contributed by atoms with E-state index < -0.39 is 18.5 Å². The van der Waals surface area contributed by atoms with Gasteiger partial charge in [0.05, 0.1) is 0 Å². The molecule has 110 valence electrons. The molecular weight excluding hydrogens is 267 g/mol. The Hall–Kier alpha value is -1.52. The van der Waals surface area contributed by atoms with Gasteiger partial charge in [-0.05, 0) is 31.2 Å². The molecule has 0 saturated carbocycles. The van der Waals surface area contributed by atoms with Crippen molar-refractivity contribution in [2.75, 3.05) is 6.54 Å². The summed E-state index contributed by atoms with van der Waals surface area (Å²) in [7, 11) is 0. The van der Waals surface area contributed by atoms with Gasteiger partial charge in [-0.1, -0.05) is 30.3 Å². The van der Waals surface area contributed by atoms with E-state index in [1.807, 2.05) is 30.3 Å². The average Bonchev–Trinajstić information content (AvgIpc) is 2.38. The first-order valence-corrected chi connectivity index (χ1v) is 6.86. The number of carbonyl (C=O) groups is 1. The van der Waals surface area contributed by atoms with E-state index >= 15 is 0 Å². The SMILES string of the molecule is O=C(CC(F)(F)F)N1CCCC[C@H]1Cc1ccccc1. The Morgan fingerprint density at radius 3 is 2.55 bits per heavy atom. The van der Waals surface area contributed by atoms with Gasteiger partial charge in [0, 0.05) is 12.6 Å². The third-order valence-corrected chi connectivity index (χ3v) is 3.61. The number of piperidine rings is 1. The van der Waals surface area contributed by atoms with Gasteiger partial charge in [0.15, 0.2) is 0 Å². The Balaban J connectivity index is 2.03. The molecule has 0 aromatic heterocycles. The van der Waals surface area contributed by atoms with E-state index in [0.29, 0.717) is 13.0 Å². The molecule has 1 amide bonds. The van der Waals surface area contributed by atoms with Crippen molar-refractivity contribution < 1.29 is 18.0 Å². The van der Waals surface area contributed by atoms with Crippen molar-refractivity contribution in [2.45, 2.75) is 44.3 Å². The summed E-state index contributed by atoms with van der Waals surface area (Å²) in [6, 6.07) is 9.49. The summed E-state index contributed by atoms with van der Waals surface area (Å²) < 4.78 is 37.1. The van der Waals surface area contributed by atoms with Crippen LogP contribution in [0, 0.1) is 0 Å². The molecule has 1 aliphatic heterocycles. The molecule has 2 rings (SSSR count). The predicted octanol–water partition coefficient (Wildman–Crippen LogP) is 3.56. The van der Waals surface area contributed by atoms with E-state index in [9.17, 15) is 18.0 Å². The molecule has 0 unspecified atom stereocenters. The summed E-state index contributed by atoms with van der Waals surface area (Å²) in [5, 5.41) is 0. The van der Waals surface area contributed by atoms with Gasteiger partial charge in [0.25, 0.3) is 0 Å². The average molecular weight is 285 g/mol. The monoisotopic (exact) mass is 285 g/mol. The molecule has 2 nitrogen and oxygen atoms in total. The maximum absolute atomic E-state index is 12.4. The Kier molecular flexibility index (Phi) is 4.68. The number of hydrogen-bond acceptors (Lipinski definition) is 1. The Bertz CT molecular complexity index is 444. The normalized spacial score (nSPS) is 19.9. The van der Waals surface area contributed by atoms with Crippen LogP contribution in [0.4, 0.5) is 13.2 Å². The lowest BCUT2D eigenvalue weighted by atomic mass is 9.95. The molecule has 5 heteroatoms. The molecule has 0 spiro atoms. The van der Waals surface area contributed by atoms with Gasteiger partial charge in [0.2, 0.25) is 5.91 Å². The lowest BCUT2D eigenvalue weighted by molar-refractivity contribution is -0.164. The summed E-state index contributed by atoms with van der Waals surface area (Å²) in [4.78, 5) is 13.2. The minimum atomic E-state index is -4.42. The number of alkyl halides is 3. The molecule has 1 aromatic carbocycles. The fourth-order valence-corrected chi connectivity index (χ4v) is 2.70. The summed E-state index contributed by atoms with van der Waals surface area (Å²) >= 11 is 0. The fraction of sp³-hybridized carbons (Fsp3) is 0.533. The molecule has 1 saturated heterocycles. The van der Waals surface area contributed by atoms with Crippen LogP contribution in [-0.2, 0) is 11.2 Å². The smallest absolute Gasteiger partial charge is 0.339 e. The number of halogens is 3. The number of rotatable bonds is 3. The van der Waals surface area contributed by atoms with Crippen molar-refractivity contribution in [1.82, 2.24) is 4.90 Å². The van der Waals surface area contributed by atoms with Crippen LogP contribution < -0.4 is 0 Å².